The number of hydrogen-bond donors (Lipinski definition) is 1. The van der Waals surface area contributed by atoms with Crippen LogP contribution in [-0.4, -0.2) is 63.5 Å². The van der Waals surface area contributed by atoms with Crippen molar-refractivity contribution in [3.05, 3.63) is 0 Å². The summed E-state index contributed by atoms with van der Waals surface area (Å²) in [4.78, 5) is 2.48. The van der Waals surface area contributed by atoms with E-state index in [1.165, 1.54) is 0 Å². The van der Waals surface area contributed by atoms with Crippen LogP contribution in [0.15, 0.2) is 0 Å². The third-order valence-corrected chi connectivity index (χ3v) is 3.12. The molecule has 1 saturated heterocycles. The molecule has 0 aromatic heterocycles. The average molecular weight is 253 g/mol. The van der Waals surface area contributed by atoms with Crippen molar-refractivity contribution in [3.8, 4) is 0 Å². The zero-order valence-electron chi connectivity index (χ0n) is 10.6. The number of halogens is 1. The van der Waals surface area contributed by atoms with Gasteiger partial charge in [-0.1, -0.05) is 0 Å². The highest BCUT2D eigenvalue weighted by atomic mass is 35.5. The smallest absolute Gasteiger partial charge is 0.0700 e. The molecule has 1 aliphatic heterocycles. The Morgan fingerprint density at radius 2 is 2.00 bits per heavy atom. The first-order valence-electron chi connectivity index (χ1n) is 5.80. The van der Waals surface area contributed by atoms with Crippen molar-refractivity contribution in [1.29, 1.82) is 0 Å². The number of nitrogens with zero attached hydrogens (tertiary/aromatic N) is 1. The van der Waals surface area contributed by atoms with Gasteiger partial charge >= 0.3 is 0 Å². The second-order valence-corrected chi connectivity index (χ2v) is 4.12. The first-order chi connectivity index (χ1) is 7.25. The van der Waals surface area contributed by atoms with Crippen molar-refractivity contribution < 1.29 is 9.47 Å². The Balaban J connectivity index is 0.00000225. The summed E-state index contributed by atoms with van der Waals surface area (Å²) in [5.41, 5.74) is 0. The van der Waals surface area contributed by atoms with Crippen LogP contribution in [0.1, 0.15) is 13.8 Å². The molecule has 16 heavy (non-hydrogen) atoms. The van der Waals surface area contributed by atoms with Gasteiger partial charge in [0.15, 0.2) is 0 Å². The van der Waals surface area contributed by atoms with Crippen LogP contribution in [0.25, 0.3) is 0 Å². The summed E-state index contributed by atoms with van der Waals surface area (Å²) < 4.78 is 10.4. The molecule has 1 heterocycles. The number of piperazine rings is 1. The standard InChI is InChI=1S/C11H24N2O2.ClH/c1-10-11(2)13(5-4-12-10)6-7-15-9-8-14-3;/h10-12H,4-9H2,1-3H3;1H. The summed E-state index contributed by atoms with van der Waals surface area (Å²) in [6.45, 7) is 9.94. The van der Waals surface area contributed by atoms with Crippen LogP contribution in [0.3, 0.4) is 0 Å². The Labute approximate surface area is 105 Å². The van der Waals surface area contributed by atoms with Crippen molar-refractivity contribution >= 4 is 12.4 Å². The van der Waals surface area contributed by atoms with Gasteiger partial charge in [-0.2, -0.15) is 0 Å². The molecule has 0 saturated carbocycles. The van der Waals surface area contributed by atoms with E-state index in [-0.39, 0.29) is 12.4 Å². The minimum Gasteiger partial charge on any atom is -0.382 e. The molecule has 0 bridgehead atoms. The number of methoxy groups -OCH3 is 1. The SMILES string of the molecule is COCCOCCN1CCNC(C)C1C.Cl. The quantitative estimate of drug-likeness (QED) is 0.708. The molecule has 0 aromatic carbocycles. The van der Waals surface area contributed by atoms with E-state index in [1.54, 1.807) is 7.11 Å². The Bertz CT molecular complexity index is 172. The largest absolute Gasteiger partial charge is 0.382 e. The lowest BCUT2D eigenvalue weighted by atomic mass is 10.1. The molecule has 0 aromatic rings. The van der Waals surface area contributed by atoms with E-state index in [0.717, 1.165) is 26.2 Å². The van der Waals surface area contributed by atoms with E-state index in [1.807, 2.05) is 0 Å². The summed E-state index contributed by atoms with van der Waals surface area (Å²) in [5, 5.41) is 3.47. The molecule has 1 fully saturated rings. The van der Waals surface area contributed by atoms with E-state index in [2.05, 4.69) is 24.1 Å². The van der Waals surface area contributed by atoms with Crippen LogP contribution >= 0.6 is 12.4 Å². The first kappa shape index (κ1) is 16.1. The highest BCUT2D eigenvalue weighted by molar-refractivity contribution is 5.85. The van der Waals surface area contributed by atoms with Crippen LogP contribution in [0.4, 0.5) is 0 Å². The zero-order chi connectivity index (χ0) is 11.1. The van der Waals surface area contributed by atoms with Gasteiger partial charge in [-0.15, -0.1) is 12.4 Å². The van der Waals surface area contributed by atoms with Gasteiger partial charge in [-0.3, -0.25) is 4.90 Å². The molecule has 1 rings (SSSR count). The van der Waals surface area contributed by atoms with E-state index in [4.69, 9.17) is 9.47 Å². The maximum Gasteiger partial charge on any atom is 0.0700 e. The van der Waals surface area contributed by atoms with Gasteiger partial charge in [-0.05, 0) is 13.8 Å². The van der Waals surface area contributed by atoms with Crippen LogP contribution in [0.2, 0.25) is 0 Å². The normalized spacial score (nSPS) is 26.4. The fraction of sp³-hybridized carbons (Fsp3) is 1.00. The predicted octanol–water partition coefficient (Wildman–Crippen LogP) is 0.753. The fourth-order valence-electron chi connectivity index (χ4n) is 1.87. The third-order valence-electron chi connectivity index (χ3n) is 3.12. The second kappa shape index (κ2) is 9.19. The summed E-state index contributed by atoms with van der Waals surface area (Å²) in [6, 6.07) is 1.18. The molecule has 0 spiro atoms. The van der Waals surface area contributed by atoms with E-state index >= 15 is 0 Å². The van der Waals surface area contributed by atoms with E-state index in [0.29, 0.717) is 25.3 Å². The van der Waals surface area contributed by atoms with Gasteiger partial charge in [0.05, 0.1) is 19.8 Å². The molecule has 1 aliphatic rings. The van der Waals surface area contributed by atoms with Crippen molar-refractivity contribution in [1.82, 2.24) is 10.2 Å². The maximum atomic E-state index is 5.47. The molecule has 1 N–H and O–H groups in total. The third kappa shape index (κ3) is 5.46. The van der Waals surface area contributed by atoms with E-state index in [9.17, 15) is 0 Å². The minimum atomic E-state index is 0. The van der Waals surface area contributed by atoms with Crippen LogP contribution in [0, 0.1) is 0 Å². The molecule has 0 radical (unpaired) electrons. The molecule has 4 nitrogen and oxygen atoms in total. The first-order valence-corrected chi connectivity index (χ1v) is 5.80. The highest BCUT2D eigenvalue weighted by Crippen LogP contribution is 2.07. The van der Waals surface area contributed by atoms with E-state index < -0.39 is 0 Å². The van der Waals surface area contributed by atoms with Crippen molar-refractivity contribution in [2.75, 3.05) is 46.6 Å². The Morgan fingerprint density at radius 1 is 1.25 bits per heavy atom. The zero-order valence-corrected chi connectivity index (χ0v) is 11.4. The molecular weight excluding hydrogens is 228 g/mol. The van der Waals surface area contributed by atoms with Gasteiger partial charge in [0.2, 0.25) is 0 Å². The monoisotopic (exact) mass is 252 g/mol. The summed E-state index contributed by atoms with van der Waals surface area (Å²) in [5.74, 6) is 0. The lowest BCUT2D eigenvalue weighted by Gasteiger charge is -2.38. The predicted molar refractivity (Wildman–Crippen MR) is 68.4 cm³/mol. The number of rotatable bonds is 6. The molecule has 0 amide bonds. The lowest BCUT2D eigenvalue weighted by Crippen LogP contribution is -2.55. The van der Waals surface area contributed by atoms with Gasteiger partial charge in [0.1, 0.15) is 0 Å². The summed E-state index contributed by atoms with van der Waals surface area (Å²) in [6.07, 6.45) is 0. The fourth-order valence-corrected chi connectivity index (χ4v) is 1.87. The number of hydrogen-bond acceptors (Lipinski definition) is 4. The van der Waals surface area contributed by atoms with Crippen molar-refractivity contribution in [2.45, 2.75) is 25.9 Å². The molecule has 2 unspecified atom stereocenters. The minimum absolute atomic E-state index is 0. The van der Waals surface area contributed by atoms with Gasteiger partial charge in [-0.25, -0.2) is 0 Å². The molecule has 0 aliphatic carbocycles. The summed E-state index contributed by atoms with van der Waals surface area (Å²) in [7, 11) is 1.70. The summed E-state index contributed by atoms with van der Waals surface area (Å²) >= 11 is 0. The average Bonchev–Trinajstić information content (AvgIpc) is 2.24. The molecule has 2 atom stereocenters. The van der Waals surface area contributed by atoms with Crippen LogP contribution < -0.4 is 5.32 Å². The van der Waals surface area contributed by atoms with Crippen molar-refractivity contribution in [2.24, 2.45) is 0 Å². The van der Waals surface area contributed by atoms with Gasteiger partial charge in [0.25, 0.3) is 0 Å². The Kier molecular flexibility index (Phi) is 9.26. The van der Waals surface area contributed by atoms with Crippen molar-refractivity contribution in [3.63, 3.8) is 0 Å². The highest BCUT2D eigenvalue weighted by Gasteiger charge is 2.23. The molecular formula is C11H25ClN2O2. The molecule has 98 valence electrons. The maximum absolute atomic E-state index is 5.47. The van der Waals surface area contributed by atoms with Gasteiger partial charge in [0, 0.05) is 38.8 Å². The van der Waals surface area contributed by atoms with Gasteiger partial charge < -0.3 is 14.8 Å². The van der Waals surface area contributed by atoms with Crippen LogP contribution in [-0.2, 0) is 9.47 Å². The molecule has 5 heteroatoms. The second-order valence-electron chi connectivity index (χ2n) is 4.12. The van der Waals surface area contributed by atoms with Crippen LogP contribution in [0.5, 0.6) is 0 Å². The number of nitrogens with one attached hydrogen (secondary N) is 1. The Hall–Kier alpha value is 0.130. The lowest BCUT2D eigenvalue weighted by molar-refractivity contribution is 0.0415. The number of ether oxygens (including phenoxy) is 2. The Morgan fingerprint density at radius 3 is 2.69 bits per heavy atom. The topological polar surface area (TPSA) is 33.7 Å².